The molecule has 1 aliphatic heterocycles. The molecule has 1 aromatic heterocycles. The average molecular weight is 270 g/mol. The molecule has 0 radical (unpaired) electrons. The van der Waals surface area contributed by atoms with Gasteiger partial charge in [-0.3, -0.25) is 14.5 Å². The molecule has 5 heteroatoms. The van der Waals surface area contributed by atoms with Gasteiger partial charge < -0.3 is 4.42 Å². The van der Waals surface area contributed by atoms with Crippen LogP contribution in [0.5, 0.6) is 0 Å². The van der Waals surface area contributed by atoms with E-state index in [1.165, 1.54) is 11.2 Å². The largest absolute Gasteiger partial charge is 0.444 e. The first kappa shape index (κ1) is 12.6. The number of amides is 2. The second-order valence-electron chi connectivity index (χ2n) is 4.88. The Balaban J connectivity index is 1.78. The van der Waals surface area contributed by atoms with Crippen LogP contribution >= 0.6 is 0 Å². The summed E-state index contributed by atoms with van der Waals surface area (Å²) in [5, 5.41) is 0. The molecule has 0 unspecified atom stereocenters. The third kappa shape index (κ3) is 2.34. The molecular formula is C15H14N2O3. The van der Waals surface area contributed by atoms with Crippen LogP contribution in [-0.2, 0) is 16.1 Å². The van der Waals surface area contributed by atoms with Crippen LogP contribution in [0.3, 0.4) is 0 Å². The number of hydrogen-bond acceptors (Lipinski definition) is 4. The van der Waals surface area contributed by atoms with Crippen molar-refractivity contribution in [2.75, 3.05) is 0 Å². The second kappa shape index (κ2) is 4.92. The minimum atomic E-state index is -0.144. The quantitative estimate of drug-likeness (QED) is 0.803. The fourth-order valence-electron chi connectivity index (χ4n) is 2.17. The second-order valence-corrected chi connectivity index (χ2v) is 4.88. The van der Waals surface area contributed by atoms with Gasteiger partial charge in [-0.2, -0.15) is 0 Å². The molecule has 2 aromatic rings. The summed E-state index contributed by atoms with van der Waals surface area (Å²) in [6.07, 6.45) is 2.08. The fourth-order valence-corrected chi connectivity index (χ4v) is 2.17. The lowest BCUT2D eigenvalue weighted by Crippen LogP contribution is -2.28. The molecule has 0 atom stereocenters. The smallest absolute Gasteiger partial charge is 0.230 e. The molecule has 0 bridgehead atoms. The van der Waals surface area contributed by atoms with E-state index < -0.39 is 0 Å². The number of benzene rings is 1. The SMILES string of the molecule is Cc1ccc(-c2nc(CN3C(=O)CCC3=O)co2)cc1. The zero-order valence-corrected chi connectivity index (χ0v) is 11.1. The van der Waals surface area contributed by atoms with Crippen molar-refractivity contribution >= 4 is 11.8 Å². The summed E-state index contributed by atoms with van der Waals surface area (Å²) in [7, 11) is 0. The number of oxazole rings is 1. The van der Waals surface area contributed by atoms with Gasteiger partial charge in [0, 0.05) is 18.4 Å². The maximum absolute atomic E-state index is 11.6. The predicted molar refractivity (Wildman–Crippen MR) is 71.5 cm³/mol. The summed E-state index contributed by atoms with van der Waals surface area (Å²) < 4.78 is 5.41. The van der Waals surface area contributed by atoms with Gasteiger partial charge in [-0.25, -0.2) is 4.98 Å². The molecule has 1 aromatic carbocycles. The Kier molecular flexibility index (Phi) is 3.10. The van der Waals surface area contributed by atoms with Gasteiger partial charge in [-0.05, 0) is 19.1 Å². The lowest BCUT2D eigenvalue weighted by Gasteiger charge is -2.10. The van der Waals surface area contributed by atoms with Crippen molar-refractivity contribution in [3.8, 4) is 11.5 Å². The van der Waals surface area contributed by atoms with Crippen LogP contribution in [0, 0.1) is 6.92 Å². The van der Waals surface area contributed by atoms with Gasteiger partial charge in [0.1, 0.15) is 6.26 Å². The van der Waals surface area contributed by atoms with Crippen LogP contribution in [0.1, 0.15) is 24.1 Å². The van der Waals surface area contributed by atoms with E-state index in [0.29, 0.717) is 24.4 Å². The van der Waals surface area contributed by atoms with Crippen molar-refractivity contribution in [2.45, 2.75) is 26.3 Å². The molecule has 2 amide bonds. The van der Waals surface area contributed by atoms with Crippen LogP contribution < -0.4 is 0 Å². The first-order valence-corrected chi connectivity index (χ1v) is 6.48. The van der Waals surface area contributed by atoms with Gasteiger partial charge >= 0.3 is 0 Å². The van der Waals surface area contributed by atoms with Crippen molar-refractivity contribution in [1.29, 1.82) is 0 Å². The van der Waals surface area contributed by atoms with Crippen molar-refractivity contribution in [3.05, 3.63) is 41.8 Å². The van der Waals surface area contributed by atoms with Crippen LogP contribution in [0.25, 0.3) is 11.5 Å². The number of likely N-dealkylation sites (tertiary alicyclic amines) is 1. The predicted octanol–water partition coefficient (Wildman–Crippen LogP) is 2.30. The van der Waals surface area contributed by atoms with Crippen molar-refractivity contribution in [3.63, 3.8) is 0 Å². The molecule has 1 fully saturated rings. The highest BCUT2D eigenvalue weighted by molar-refractivity contribution is 6.01. The first-order chi connectivity index (χ1) is 9.63. The lowest BCUT2D eigenvalue weighted by molar-refractivity contribution is -0.139. The summed E-state index contributed by atoms with van der Waals surface area (Å²) in [6.45, 7) is 2.20. The Bertz CT molecular complexity index is 642. The molecule has 0 aliphatic carbocycles. The van der Waals surface area contributed by atoms with E-state index in [2.05, 4.69) is 4.98 Å². The van der Waals surface area contributed by atoms with Crippen LogP contribution in [0.2, 0.25) is 0 Å². The number of imide groups is 1. The van der Waals surface area contributed by atoms with Crippen molar-refractivity contribution < 1.29 is 14.0 Å². The summed E-state index contributed by atoms with van der Waals surface area (Å²) >= 11 is 0. The maximum Gasteiger partial charge on any atom is 0.230 e. The molecule has 0 N–H and O–H groups in total. The van der Waals surface area contributed by atoms with Crippen LogP contribution in [0.4, 0.5) is 0 Å². The lowest BCUT2D eigenvalue weighted by atomic mass is 10.1. The van der Waals surface area contributed by atoms with E-state index in [1.807, 2.05) is 31.2 Å². The number of nitrogens with zero attached hydrogens (tertiary/aromatic N) is 2. The summed E-state index contributed by atoms with van der Waals surface area (Å²) in [4.78, 5) is 28.7. The van der Waals surface area contributed by atoms with Gasteiger partial charge in [0.05, 0.1) is 12.2 Å². The highest BCUT2D eigenvalue weighted by atomic mass is 16.3. The summed E-state index contributed by atoms with van der Waals surface area (Å²) in [6, 6.07) is 7.81. The molecule has 1 saturated heterocycles. The molecule has 2 heterocycles. The number of rotatable bonds is 3. The molecule has 102 valence electrons. The van der Waals surface area contributed by atoms with Gasteiger partial charge in [-0.15, -0.1) is 0 Å². The monoisotopic (exact) mass is 270 g/mol. The Labute approximate surface area is 116 Å². The molecule has 0 saturated carbocycles. The Hall–Kier alpha value is -2.43. The Morgan fingerprint density at radius 2 is 1.80 bits per heavy atom. The summed E-state index contributed by atoms with van der Waals surface area (Å²) in [5.74, 6) is 0.212. The van der Waals surface area contributed by atoms with Crippen molar-refractivity contribution in [1.82, 2.24) is 9.88 Å². The summed E-state index contributed by atoms with van der Waals surface area (Å²) in [5.41, 5.74) is 2.62. The molecule has 1 aliphatic rings. The highest BCUT2D eigenvalue weighted by Gasteiger charge is 2.29. The fraction of sp³-hybridized carbons (Fsp3) is 0.267. The zero-order chi connectivity index (χ0) is 14.1. The van der Waals surface area contributed by atoms with E-state index in [4.69, 9.17) is 4.42 Å². The first-order valence-electron chi connectivity index (χ1n) is 6.48. The Morgan fingerprint density at radius 3 is 2.45 bits per heavy atom. The molecule has 3 rings (SSSR count). The average Bonchev–Trinajstić information content (AvgIpc) is 3.02. The maximum atomic E-state index is 11.6. The number of hydrogen-bond donors (Lipinski definition) is 0. The number of aromatic nitrogens is 1. The van der Waals surface area contributed by atoms with Gasteiger partial charge in [0.2, 0.25) is 17.7 Å². The molecule has 5 nitrogen and oxygen atoms in total. The van der Waals surface area contributed by atoms with E-state index >= 15 is 0 Å². The number of aryl methyl sites for hydroxylation is 1. The van der Waals surface area contributed by atoms with E-state index in [1.54, 1.807) is 0 Å². The number of carbonyl (C=O) groups excluding carboxylic acids is 2. The standard InChI is InChI=1S/C15H14N2O3/c1-10-2-4-11(5-3-10)15-16-12(9-20-15)8-17-13(18)6-7-14(17)19/h2-5,9H,6-8H2,1H3. The van der Waals surface area contributed by atoms with E-state index in [0.717, 1.165) is 11.1 Å². The number of carbonyl (C=O) groups is 2. The third-order valence-corrected chi connectivity index (χ3v) is 3.33. The van der Waals surface area contributed by atoms with E-state index in [9.17, 15) is 9.59 Å². The minimum absolute atomic E-state index is 0.144. The van der Waals surface area contributed by atoms with Crippen LogP contribution in [-0.4, -0.2) is 21.7 Å². The van der Waals surface area contributed by atoms with Gasteiger partial charge in [-0.1, -0.05) is 17.7 Å². The Morgan fingerprint density at radius 1 is 1.15 bits per heavy atom. The highest BCUT2D eigenvalue weighted by Crippen LogP contribution is 2.21. The van der Waals surface area contributed by atoms with E-state index in [-0.39, 0.29) is 18.4 Å². The van der Waals surface area contributed by atoms with Crippen LogP contribution in [0.15, 0.2) is 34.9 Å². The normalized spacial score (nSPS) is 15.2. The van der Waals surface area contributed by atoms with Gasteiger partial charge in [0.25, 0.3) is 0 Å². The topological polar surface area (TPSA) is 63.4 Å². The zero-order valence-electron chi connectivity index (χ0n) is 11.1. The minimum Gasteiger partial charge on any atom is -0.444 e. The molecular weight excluding hydrogens is 256 g/mol. The van der Waals surface area contributed by atoms with Gasteiger partial charge in [0.15, 0.2) is 0 Å². The third-order valence-electron chi connectivity index (χ3n) is 3.33. The van der Waals surface area contributed by atoms with Crippen molar-refractivity contribution in [2.24, 2.45) is 0 Å². The molecule has 0 spiro atoms. The molecule has 20 heavy (non-hydrogen) atoms.